The van der Waals surface area contributed by atoms with Crippen LogP contribution in [0.15, 0.2) is 24.3 Å². The molecule has 1 amide bonds. The predicted molar refractivity (Wildman–Crippen MR) is 73.5 cm³/mol. The lowest BCUT2D eigenvalue weighted by atomic mass is 10.1. The van der Waals surface area contributed by atoms with Gasteiger partial charge in [0.1, 0.15) is 6.04 Å². The summed E-state index contributed by atoms with van der Waals surface area (Å²) in [4.78, 5) is 24.4. The molecule has 0 aromatic heterocycles. The fourth-order valence-corrected chi connectivity index (χ4v) is 2.64. The summed E-state index contributed by atoms with van der Waals surface area (Å²) in [7, 11) is 0. The number of carbonyl (C=O) groups excluding carboxylic acids is 1. The van der Waals surface area contributed by atoms with E-state index >= 15 is 0 Å². The monoisotopic (exact) mass is 297 g/mol. The van der Waals surface area contributed by atoms with Crippen LogP contribution in [-0.4, -0.2) is 45.7 Å². The number of carboxylic acids is 1. The summed E-state index contributed by atoms with van der Waals surface area (Å²) < 4.78 is 0. The summed E-state index contributed by atoms with van der Waals surface area (Å²) in [6.45, 7) is 0.0817. The molecule has 20 heavy (non-hydrogen) atoms. The van der Waals surface area contributed by atoms with Crippen molar-refractivity contribution in [3.8, 4) is 0 Å². The number of halogens is 1. The Morgan fingerprint density at radius 1 is 1.35 bits per heavy atom. The first-order chi connectivity index (χ1) is 9.49. The van der Waals surface area contributed by atoms with Crippen molar-refractivity contribution in [3.63, 3.8) is 0 Å². The quantitative estimate of drug-likeness (QED) is 0.878. The van der Waals surface area contributed by atoms with E-state index in [1.165, 1.54) is 4.90 Å². The van der Waals surface area contributed by atoms with Crippen LogP contribution in [0.1, 0.15) is 18.4 Å². The smallest absolute Gasteiger partial charge is 0.326 e. The molecule has 1 heterocycles. The number of aryl methyl sites for hydroxylation is 1. The number of β-amino-alcohol motifs (C(OH)–C–C–N with tert-alkyl or cyclic N) is 1. The highest BCUT2D eigenvalue weighted by Crippen LogP contribution is 2.21. The van der Waals surface area contributed by atoms with Gasteiger partial charge in [0, 0.05) is 24.4 Å². The molecule has 2 rings (SSSR count). The average molecular weight is 298 g/mol. The van der Waals surface area contributed by atoms with Gasteiger partial charge >= 0.3 is 5.97 Å². The van der Waals surface area contributed by atoms with Gasteiger partial charge in [0.05, 0.1) is 6.10 Å². The molecule has 1 aromatic carbocycles. The Bertz CT molecular complexity index is 520. The van der Waals surface area contributed by atoms with Gasteiger partial charge in [0.2, 0.25) is 5.91 Å². The van der Waals surface area contributed by atoms with Gasteiger partial charge < -0.3 is 15.1 Å². The lowest BCUT2D eigenvalue weighted by Gasteiger charge is -2.21. The number of likely N-dealkylation sites (tertiary alicyclic amines) is 1. The second-order valence-corrected chi connectivity index (χ2v) is 5.29. The molecule has 2 atom stereocenters. The van der Waals surface area contributed by atoms with E-state index in [2.05, 4.69) is 0 Å². The van der Waals surface area contributed by atoms with E-state index in [1.54, 1.807) is 6.07 Å². The van der Waals surface area contributed by atoms with Crippen molar-refractivity contribution in [3.05, 3.63) is 34.9 Å². The van der Waals surface area contributed by atoms with Crippen molar-refractivity contribution >= 4 is 23.5 Å². The van der Waals surface area contributed by atoms with E-state index in [0.717, 1.165) is 5.56 Å². The van der Waals surface area contributed by atoms with Crippen molar-refractivity contribution in [1.82, 2.24) is 4.90 Å². The highest BCUT2D eigenvalue weighted by molar-refractivity contribution is 6.31. The maximum Gasteiger partial charge on any atom is 0.326 e. The first-order valence-electron chi connectivity index (χ1n) is 6.42. The molecule has 0 spiro atoms. The molecule has 6 heteroatoms. The second-order valence-electron chi connectivity index (χ2n) is 4.88. The van der Waals surface area contributed by atoms with Gasteiger partial charge in [0.15, 0.2) is 0 Å². The lowest BCUT2D eigenvalue weighted by molar-refractivity contribution is -0.148. The molecule has 108 valence electrons. The molecule has 5 nitrogen and oxygen atoms in total. The second kappa shape index (κ2) is 6.24. The molecule has 1 aromatic rings. The van der Waals surface area contributed by atoms with Gasteiger partial charge in [-0.05, 0) is 18.1 Å². The summed E-state index contributed by atoms with van der Waals surface area (Å²) in [6.07, 6.45) is -0.0365. The zero-order chi connectivity index (χ0) is 14.7. The van der Waals surface area contributed by atoms with Crippen LogP contribution in [-0.2, 0) is 16.0 Å². The Balaban J connectivity index is 1.98. The number of aliphatic carboxylic acids is 1. The third-order valence-corrected chi connectivity index (χ3v) is 3.82. The van der Waals surface area contributed by atoms with Gasteiger partial charge in [-0.1, -0.05) is 29.8 Å². The summed E-state index contributed by atoms with van der Waals surface area (Å²) >= 11 is 6.01. The Morgan fingerprint density at radius 3 is 2.70 bits per heavy atom. The van der Waals surface area contributed by atoms with Crippen LogP contribution in [0.5, 0.6) is 0 Å². The van der Waals surface area contributed by atoms with Crippen LogP contribution in [0, 0.1) is 0 Å². The standard InChI is InChI=1S/C14H16ClNO4/c15-11-4-2-1-3-9(11)5-6-13(18)16-8-10(17)7-12(16)14(19)20/h1-4,10,12,17H,5-8H2,(H,19,20)/t10-,12-/m0/s1. The fraction of sp³-hybridized carbons (Fsp3) is 0.429. The van der Waals surface area contributed by atoms with Crippen LogP contribution in [0.2, 0.25) is 5.02 Å². The first-order valence-corrected chi connectivity index (χ1v) is 6.80. The first kappa shape index (κ1) is 14.8. The molecule has 0 bridgehead atoms. The van der Waals surface area contributed by atoms with Gasteiger partial charge in [-0.15, -0.1) is 0 Å². The van der Waals surface area contributed by atoms with Gasteiger partial charge in [-0.3, -0.25) is 4.79 Å². The van der Waals surface area contributed by atoms with Gasteiger partial charge in [-0.2, -0.15) is 0 Å². The number of aliphatic hydroxyl groups excluding tert-OH is 1. The highest BCUT2D eigenvalue weighted by Gasteiger charge is 2.38. The van der Waals surface area contributed by atoms with Crippen molar-refractivity contribution < 1.29 is 19.8 Å². The van der Waals surface area contributed by atoms with E-state index < -0.39 is 18.1 Å². The number of amides is 1. The maximum absolute atomic E-state index is 12.1. The normalized spacial score (nSPS) is 22.0. The number of benzene rings is 1. The van der Waals surface area contributed by atoms with E-state index in [9.17, 15) is 14.7 Å². The average Bonchev–Trinajstić information content (AvgIpc) is 2.80. The summed E-state index contributed by atoms with van der Waals surface area (Å²) in [5, 5.41) is 19.2. The number of aliphatic hydroxyl groups is 1. The minimum Gasteiger partial charge on any atom is -0.480 e. The van der Waals surface area contributed by atoms with Crippen LogP contribution in [0.4, 0.5) is 0 Å². The Morgan fingerprint density at radius 2 is 2.05 bits per heavy atom. The molecule has 1 aliphatic heterocycles. The topological polar surface area (TPSA) is 77.8 Å². The molecule has 1 fully saturated rings. The number of carboxylic acid groups (broad SMARTS) is 1. The SMILES string of the molecule is O=C(O)[C@@H]1C[C@H](O)CN1C(=O)CCc1ccccc1Cl. The van der Waals surface area contributed by atoms with E-state index in [4.69, 9.17) is 16.7 Å². The number of carbonyl (C=O) groups is 2. The Hall–Kier alpha value is -1.59. The number of nitrogens with zero attached hydrogens (tertiary/aromatic N) is 1. The van der Waals surface area contributed by atoms with Crippen molar-refractivity contribution in [2.24, 2.45) is 0 Å². The van der Waals surface area contributed by atoms with Gasteiger partial charge in [0.25, 0.3) is 0 Å². The molecule has 1 aliphatic rings. The largest absolute Gasteiger partial charge is 0.480 e. The lowest BCUT2D eigenvalue weighted by Crippen LogP contribution is -2.40. The van der Waals surface area contributed by atoms with Crippen molar-refractivity contribution in [2.75, 3.05) is 6.54 Å². The Kier molecular flexibility index (Phi) is 4.62. The zero-order valence-corrected chi connectivity index (χ0v) is 11.6. The minimum atomic E-state index is -1.08. The van der Waals surface area contributed by atoms with Crippen LogP contribution >= 0.6 is 11.6 Å². The van der Waals surface area contributed by atoms with E-state index in [1.807, 2.05) is 18.2 Å². The van der Waals surface area contributed by atoms with E-state index in [0.29, 0.717) is 11.4 Å². The number of hydrogen-bond donors (Lipinski definition) is 2. The zero-order valence-electron chi connectivity index (χ0n) is 10.8. The summed E-state index contributed by atoms with van der Waals surface area (Å²) in [5.41, 5.74) is 0.856. The molecular formula is C14H16ClNO4. The molecule has 1 saturated heterocycles. The number of hydrogen-bond acceptors (Lipinski definition) is 3. The number of rotatable bonds is 4. The van der Waals surface area contributed by atoms with Crippen LogP contribution in [0.25, 0.3) is 0 Å². The predicted octanol–water partition coefficient (Wildman–Crippen LogP) is 1.32. The van der Waals surface area contributed by atoms with Gasteiger partial charge in [-0.25, -0.2) is 4.79 Å². The highest BCUT2D eigenvalue weighted by atomic mass is 35.5. The molecule has 0 radical (unpaired) electrons. The molecule has 0 saturated carbocycles. The van der Waals surface area contributed by atoms with E-state index in [-0.39, 0.29) is 25.3 Å². The molecule has 0 unspecified atom stereocenters. The minimum absolute atomic E-state index is 0.0817. The molecular weight excluding hydrogens is 282 g/mol. The molecule has 0 aliphatic carbocycles. The summed E-state index contributed by atoms with van der Waals surface area (Å²) in [6, 6.07) is 6.31. The third kappa shape index (κ3) is 3.29. The van der Waals surface area contributed by atoms with Crippen LogP contribution in [0.3, 0.4) is 0 Å². The maximum atomic E-state index is 12.1. The molecule has 2 N–H and O–H groups in total. The fourth-order valence-electron chi connectivity index (χ4n) is 2.41. The van der Waals surface area contributed by atoms with Crippen molar-refractivity contribution in [1.29, 1.82) is 0 Å². The van der Waals surface area contributed by atoms with Crippen LogP contribution < -0.4 is 0 Å². The Labute approximate surface area is 121 Å². The van der Waals surface area contributed by atoms with Crippen molar-refractivity contribution in [2.45, 2.75) is 31.4 Å². The summed E-state index contributed by atoms with van der Waals surface area (Å²) in [5.74, 6) is -1.35. The third-order valence-electron chi connectivity index (χ3n) is 3.45.